The summed E-state index contributed by atoms with van der Waals surface area (Å²) in [6.07, 6.45) is 2.74. The van der Waals surface area contributed by atoms with Crippen LogP contribution in [-0.2, 0) is 0 Å². The average molecular weight is 279 g/mol. The van der Waals surface area contributed by atoms with E-state index in [2.05, 4.69) is 23.2 Å². The smallest absolute Gasteiger partial charge is 0.150 e. The molecule has 1 aliphatic heterocycles. The number of carbonyl (C=O) groups excluding carboxylic acids is 1. The van der Waals surface area contributed by atoms with Gasteiger partial charge in [0.15, 0.2) is 0 Å². The minimum Gasteiger partial charge on any atom is -0.493 e. The zero-order valence-corrected chi connectivity index (χ0v) is 11.8. The Labute approximate surface area is 123 Å². The van der Waals surface area contributed by atoms with E-state index in [1.54, 1.807) is 12.1 Å². The molecule has 0 radical (unpaired) electrons. The minimum absolute atomic E-state index is 0.643. The number of rotatable bonds is 5. The molecule has 0 atom stereocenters. The maximum Gasteiger partial charge on any atom is 0.150 e. The van der Waals surface area contributed by atoms with Gasteiger partial charge in [-0.25, -0.2) is 0 Å². The summed E-state index contributed by atoms with van der Waals surface area (Å²) in [6.45, 7) is 1.50. The first-order valence-corrected chi connectivity index (χ1v) is 7.16. The second-order valence-corrected chi connectivity index (χ2v) is 5.04. The molecule has 0 N–H and O–H groups in total. The molecule has 3 rings (SSSR count). The van der Waals surface area contributed by atoms with E-state index in [0.717, 1.165) is 36.8 Å². The quantitative estimate of drug-likeness (QED) is 0.787. The van der Waals surface area contributed by atoms with Crippen molar-refractivity contribution < 1.29 is 9.53 Å². The first-order valence-electron chi connectivity index (χ1n) is 7.16. The predicted molar refractivity (Wildman–Crippen MR) is 82.1 cm³/mol. The lowest BCUT2D eigenvalue weighted by Gasteiger charge is -2.12. The summed E-state index contributed by atoms with van der Waals surface area (Å²) in [5, 5.41) is 2.35. The summed E-state index contributed by atoms with van der Waals surface area (Å²) in [5.74, 6) is 0.801. The fourth-order valence-electron chi connectivity index (χ4n) is 2.55. The van der Waals surface area contributed by atoms with E-state index < -0.39 is 0 Å². The highest BCUT2D eigenvalue weighted by molar-refractivity contribution is 5.74. The highest BCUT2D eigenvalue weighted by atomic mass is 16.5. The molecule has 0 saturated heterocycles. The summed E-state index contributed by atoms with van der Waals surface area (Å²) in [5.41, 5.74) is 2.07. The second kappa shape index (κ2) is 6.35. The van der Waals surface area contributed by atoms with Gasteiger partial charge in [-0.05, 0) is 42.0 Å². The fourth-order valence-corrected chi connectivity index (χ4v) is 2.55. The van der Waals surface area contributed by atoms with E-state index in [4.69, 9.17) is 4.74 Å². The highest BCUT2D eigenvalue weighted by Crippen LogP contribution is 2.14. The van der Waals surface area contributed by atoms with Gasteiger partial charge in [0.2, 0.25) is 0 Å². The molecule has 0 unspecified atom stereocenters. The molecule has 3 heteroatoms. The Morgan fingerprint density at radius 2 is 1.90 bits per heavy atom. The monoisotopic (exact) mass is 279 g/mol. The normalized spacial score (nSPS) is 13.2. The number of carbonyl (C=O) groups is 1. The number of fused-ring (bicyclic) bond motifs is 1. The van der Waals surface area contributed by atoms with E-state index >= 15 is 0 Å². The van der Waals surface area contributed by atoms with Gasteiger partial charge in [-0.2, -0.15) is 0 Å². The lowest BCUT2D eigenvalue weighted by molar-refractivity contribution is 0.112. The topological polar surface area (TPSA) is 38.7 Å². The highest BCUT2D eigenvalue weighted by Gasteiger charge is 2.05. The summed E-state index contributed by atoms with van der Waals surface area (Å²) in [4.78, 5) is 15.1. The lowest BCUT2D eigenvalue weighted by atomic mass is 10.0. The van der Waals surface area contributed by atoms with Crippen LogP contribution in [0.4, 0.5) is 0 Å². The molecule has 3 nitrogen and oxygen atoms in total. The van der Waals surface area contributed by atoms with Crippen molar-refractivity contribution in [3.63, 3.8) is 0 Å². The van der Waals surface area contributed by atoms with Gasteiger partial charge in [-0.1, -0.05) is 23.8 Å². The number of ether oxygens (including phenoxy) is 1. The summed E-state index contributed by atoms with van der Waals surface area (Å²) >= 11 is 0. The maximum atomic E-state index is 10.6. The molecule has 0 aliphatic carbocycles. The van der Waals surface area contributed by atoms with Crippen molar-refractivity contribution in [3.05, 3.63) is 64.7 Å². The molecule has 1 aliphatic rings. The molecular weight excluding hydrogens is 262 g/mol. The van der Waals surface area contributed by atoms with E-state index in [9.17, 15) is 4.79 Å². The van der Waals surface area contributed by atoms with Crippen LogP contribution in [0.25, 0.3) is 5.57 Å². The third kappa shape index (κ3) is 3.19. The van der Waals surface area contributed by atoms with E-state index in [1.807, 2.05) is 18.2 Å². The van der Waals surface area contributed by atoms with Gasteiger partial charge in [0, 0.05) is 18.5 Å². The third-order valence-electron chi connectivity index (χ3n) is 3.67. The zero-order valence-electron chi connectivity index (χ0n) is 11.8. The van der Waals surface area contributed by atoms with Crippen LogP contribution >= 0.6 is 0 Å². The first kappa shape index (κ1) is 13.6. The van der Waals surface area contributed by atoms with Gasteiger partial charge in [-0.15, -0.1) is 0 Å². The van der Waals surface area contributed by atoms with Crippen molar-refractivity contribution in [2.24, 2.45) is 4.99 Å². The Morgan fingerprint density at radius 3 is 2.71 bits per heavy atom. The SMILES string of the molecule is O=Cc1ccc(OCCC2=c3ccccc3=NCC2)cc1. The Hall–Kier alpha value is -2.42. The van der Waals surface area contributed by atoms with Crippen LogP contribution in [0.2, 0.25) is 0 Å². The van der Waals surface area contributed by atoms with Gasteiger partial charge < -0.3 is 4.74 Å². The van der Waals surface area contributed by atoms with Crippen molar-refractivity contribution in [3.8, 4) is 5.75 Å². The van der Waals surface area contributed by atoms with E-state index in [0.29, 0.717) is 12.2 Å². The molecule has 0 bridgehead atoms. The van der Waals surface area contributed by atoms with Crippen LogP contribution < -0.4 is 15.3 Å². The molecule has 0 amide bonds. The van der Waals surface area contributed by atoms with Crippen molar-refractivity contribution in [2.45, 2.75) is 12.8 Å². The standard InChI is InChI=1S/C18H17NO2/c20-13-14-5-7-16(8-6-14)21-12-10-15-9-11-19-18-4-2-1-3-17(15)18/h1-8,13H,9-12H2. The number of hydrogen-bond acceptors (Lipinski definition) is 3. The van der Waals surface area contributed by atoms with Gasteiger partial charge in [-0.3, -0.25) is 9.79 Å². The summed E-state index contributed by atoms with van der Waals surface area (Å²) < 4.78 is 5.76. The molecule has 0 fully saturated rings. The Bertz CT molecular complexity index is 748. The molecule has 1 heterocycles. The van der Waals surface area contributed by atoms with Gasteiger partial charge in [0.25, 0.3) is 0 Å². The molecular formula is C18H17NO2. The van der Waals surface area contributed by atoms with Crippen molar-refractivity contribution in [2.75, 3.05) is 13.2 Å². The van der Waals surface area contributed by atoms with Crippen molar-refractivity contribution in [1.82, 2.24) is 0 Å². The minimum atomic E-state index is 0.643. The number of nitrogens with zero attached hydrogens (tertiary/aromatic N) is 1. The lowest BCUT2D eigenvalue weighted by Crippen LogP contribution is -2.31. The average Bonchev–Trinajstić information content (AvgIpc) is 2.56. The Morgan fingerprint density at radius 1 is 1.10 bits per heavy atom. The first-order chi connectivity index (χ1) is 10.4. The Balaban J connectivity index is 1.68. The third-order valence-corrected chi connectivity index (χ3v) is 3.67. The predicted octanol–water partition coefficient (Wildman–Crippen LogP) is 2.14. The van der Waals surface area contributed by atoms with Crippen LogP contribution in [0.5, 0.6) is 5.75 Å². The Kier molecular flexibility index (Phi) is 4.10. The number of hydrogen-bond donors (Lipinski definition) is 0. The van der Waals surface area contributed by atoms with Crippen molar-refractivity contribution in [1.29, 1.82) is 0 Å². The van der Waals surface area contributed by atoms with Gasteiger partial charge >= 0.3 is 0 Å². The number of para-hydroxylation sites is 1. The largest absolute Gasteiger partial charge is 0.493 e. The van der Waals surface area contributed by atoms with Crippen LogP contribution in [0.1, 0.15) is 23.2 Å². The molecule has 2 aromatic carbocycles. The number of benzene rings is 2. The van der Waals surface area contributed by atoms with Crippen LogP contribution in [0.15, 0.2) is 53.5 Å². The summed E-state index contributed by atoms with van der Waals surface area (Å²) in [7, 11) is 0. The molecule has 106 valence electrons. The summed E-state index contributed by atoms with van der Waals surface area (Å²) in [6, 6.07) is 15.5. The second-order valence-electron chi connectivity index (χ2n) is 5.04. The van der Waals surface area contributed by atoms with E-state index in [1.165, 1.54) is 10.8 Å². The molecule has 0 spiro atoms. The van der Waals surface area contributed by atoms with E-state index in [-0.39, 0.29) is 0 Å². The maximum absolute atomic E-state index is 10.6. The fraction of sp³-hybridized carbons (Fsp3) is 0.222. The number of aldehydes is 1. The molecule has 21 heavy (non-hydrogen) atoms. The van der Waals surface area contributed by atoms with Gasteiger partial charge in [0.05, 0.1) is 12.0 Å². The molecule has 0 saturated carbocycles. The zero-order chi connectivity index (χ0) is 14.5. The van der Waals surface area contributed by atoms with Crippen LogP contribution in [0, 0.1) is 0 Å². The van der Waals surface area contributed by atoms with Crippen LogP contribution in [0.3, 0.4) is 0 Å². The van der Waals surface area contributed by atoms with Crippen molar-refractivity contribution >= 4 is 11.9 Å². The molecule has 0 aromatic heterocycles. The van der Waals surface area contributed by atoms with Crippen LogP contribution in [-0.4, -0.2) is 19.4 Å². The van der Waals surface area contributed by atoms with Gasteiger partial charge in [0.1, 0.15) is 12.0 Å². The molecule has 2 aromatic rings.